The summed E-state index contributed by atoms with van der Waals surface area (Å²) in [6, 6.07) is 3.75. The maximum absolute atomic E-state index is 11.6. The molecule has 0 spiro atoms. The maximum atomic E-state index is 11.6. The molecule has 0 fully saturated rings. The van der Waals surface area contributed by atoms with Crippen LogP contribution in [0, 0.1) is 10.6 Å². The summed E-state index contributed by atoms with van der Waals surface area (Å²) in [6.07, 6.45) is 0. The number of nitrogens with one attached hydrogen (secondary N) is 1. The van der Waals surface area contributed by atoms with Gasteiger partial charge in [0.15, 0.2) is 0 Å². The van der Waals surface area contributed by atoms with Crippen molar-refractivity contribution in [2.24, 2.45) is 0 Å². The average Bonchev–Trinajstić information content (AvgIpc) is 2.60. The smallest absolute Gasteiger partial charge is 0.338 e. The number of carbonyl (C=O) groups is 1. The lowest BCUT2D eigenvalue weighted by atomic mass is 10.0. The molecule has 2 aromatic rings. The molecule has 0 bridgehead atoms. The Morgan fingerprint density at radius 2 is 2.27 bits per heavy atom. The van der Waals surface area contributed by atoms with Crippen LogP contribution in [0.4, 0.5) is 0 Å². The van der Waals surface area contributed by atoms with Crippen molar-refractivity contribution in [3.8, 4) is 0 Å². The molecular formula is C10H9IN2O2. The summed E-state index contributed by atoms with van der Waals surface area (Å²) in [6.45, 7) is 1.88. The molecule has 0 atom stereocenters. The molecule has 1 N–H and O–H groups in total. The highest BCUT2D eigenvalue weighted by molar-refractivity contribution is 14.1. The van der Waals surface area contributed by atoms with E-state index in [0.29, 0.717) is 5.56 Å². The molecule has 0 radical (unpaired) electrons. The van der Waals surface area contributed by atoms with Gasteiger partial charge in [0.25, 0.3) is 0 Å². The minimum absolute atomic E-state index is 0.322. The van der Waals surface area contributed by atoms with Crippen molar-refractivity contribution in [1.82, 2.24) is 10.2 Å². The van der Waals surface area contributed by atoms with E-state index in [1.54, 1.807) is 0 Å². The van der Waals surface area contributed by atoms with Crippen molar-refractivity contribution in [2.45, 2.75) is 6.92 Å². The lowest BCUT2D eigenvalue weighted by Crippen LogP contribution is -2.04. The maximum Gasteiger partial charge on any atom is 0.338 e. The number of halogens is 1. The summed E-state index contributed by atoms with van der Waals surface area (Å²) >= 11 is 2.12. The molecule has 1 heterocycles. The van der Waals surface area contributed by atoms with Gasteiger partial charge in [0, 0.05) is 5.39 Å². The number of aryl methyl sites for hydroxylation is 1. The molecule has 0 amide bonds. The van der Waals surface area contributed by atoms with Crippen molar-refractivity contribution >= 4 is 39.5 Å². The second-order valence-electron chi connectivity index (χ2n) is 3.18. The number of rotatable bonds is 1. The molecule has 0 aliphatic heterocycles. The second-order valence-corrected chi connectivity index (χ2v) is 4.26. The van der Waals surface area contributed by atoms with E-state index in [1.165, 1.54) is 7.11 Å². The number of hydrogen-bond donors (Lipinski definition) is 1. The fourth-order valence-electron chi connectivity index (χ4n) is 1.54. The highest BCUT2D eigenvalue weighted by atomic mass is 127. The lowest BCUT2D eigenvalue weighted by Gasteiger charge is -2.04. The van der Waals surface area contributed by atoms with E-state index in [9.17, 15) is 4.79 Å². The van der Waals surface area contributed by atoms with Crippen LogP contribution in [0.3, 0.4) is 0 Å². The van der Waals surface area contributed by atoms with Gasteiger partial charge in [-0.15, -0.1) is 0 Å². The number of esters is 1. The Morgan fingerprint density at radius 1 is 1.53 bits per heavy atom. The number of carbonyl (C=O) groups excluding carboxylic acids is 1. The van der Waals surface area contributed by atoms with Gasteiger partial charge in [-0.3, -0.25) is 5.10 Å². The molecule has 1 aromatic heterocycles. The summed E-state index contributed by atoms with van der Waals surface area (Å²) in [5.74, 6) is -0.322. The zero-order valence-electron chi connectivity index (χ0n) is 8.30. The second kappa shape index (κ2) is 3.80. The van der Waals surface area contributed by atoms with Crippen LogP contribution in [0.25, 0.3) is 10.9 Å². The van der Waals surface area contributed by atoms with E-state index in [-0.39, 0.29) is 5.97 Å². The predicted octanol–water partition coefficient (Wildman–Crippen LogP) is 2.26. The van der Waals surface area contributed by atoms with E-state index < -0.39 is 0 Å². The molecule has 0 aliphatic rings. The third kappa shape index (κ3) is 1.60. The number of ether oxygens (including phenoxy) is 1. The van der Waals surface area contributed by atoms with Gasteiger partial charge < -0.3 is 4.74 Å². The van der Waals surface area contributed by atoms with Crippen LogP contribution in [0.1, 0.15) is 15.9 Å². The first-order valence-electron chi connectivity index (χ1n) is 4.36. The first-order chi connectivity index (χ1) is 7.15. The van der Waals surface area contributed by atoms with E-state index in [2.05, 4.69) is 32.8 Å². The fourth-order valence-corrected chi connectivity index (χ4v) is 2.21. The van der Waals surface area contributed by atoms with Gasteiger partial charge in [0.2, 0.25) is 0 Å². The number of aromatic amines is 1. The van der Waals surface area contributed by atoms with Gasteiger partial charge >= 0.3 is 5.97 Å². The first kappa shape index (κ1) is 10.4. The number of benzene rings is 1. The Morgan fingerprint density at radius 3 is 2.93 bits per heavy atom. The number of fused-ring (bicyclic) bond motifs is 1. The number of hydrogen-bond acceptors (Lipinski definition) is 3. The molecule has 78 valence electrons. The molecule has 15 heavy (non-hydrogen) atoms. The lowest BCUT2D eigenvalue weighted by molar-refractivity contribution is 0.0602. The van der Waals surface area contributed by atoms with Crippen molar-refractivity contribution in [1.29, 1.82) is 0 Å². The van der Waals surface area contributed by atoms with Gasteiger partial charge in [-0.1, -0.05) is 6.07 Å². The van der Waals surface area contributed by atoms with Crippen molar-refractivity contribution in [3.05, 3.63) is 27.0 Å². The summed E-state index contributed by atoms with van der Waals surface area (Å²) in [7, 11) is 1.38. The van der Waals surface area contributed by atoms with Gasteiger partial charge in [0.1, 0.15) is 3.70 Å². The molecule has 0 unspecified atom stereocenters. The molecule has 2 rings (SSSR count). The number of aromatic nitrogens is 2. The van der Waals surface area contributed by atoms with Crippen LogP contribution in [0.15, 0.2) is 12.1 Å². The van der Waals surface area contributed by atoms with E-state index >= 15 is 0 Å². The molecule has 1 aromatic carbocycles. The van der Waals surface area contributed by atoms with Crippen LogP contribution < -0.4 is 0 Å². The minimum Gasteiger partial charge on any atom is -0.465 e. The van der Waals surface area contributed by atoms with Crippen LogP contribution in [0.5, 0.6) is 0 Å². The predicted molar refractivity (Wildman–Crippen MR) is 64.9 cm³/mol. The van der Waals surface area contributed by atoms with E-state index in [4.69, 9.17) is 4.74 Å². The summed E-state index contributed by atoms with van der Waals surface area (Å²) in [5.41, 5.74) is 2.27. The standard InChI is InChI=1S/C10H9IN2O2/c1-5-3-4-6-8(9(11)13-12-6)7(5)10(14)15-2/h3-4H,1-2H3,(H,12,13). The summed E-state index contributed by atoms with van der Waals surface area (Å²) in [5, 5.41) is 7.78. The first-order valence-corrected chi connectivity index (χ1v) is 5.44. The molecule has 0 saturated heterocycles. The number of methoxy groups -OCH3 is 1. The van der Waals surface area contributed by atoms with E-state index in [0.717, 1.165) is 20.2 Å². The molecule has 0 saturated carbocycles. The molecule has 4 nitrogen and oxygen atoms in total. The van der Waals surface area contributed by atoms with Gasteiger partial charge in [-0.05, 0) is 41.1 Å². The molecule has 0 aliphatic carbocycles. The highest BCUT2D eigenvalue weighted by Crippen LogP contribution is 2.25. The average molecular weight is 316 g/mol. The van der Waals surface area contributed by atoms with Crippen molar-refractivity contribution < 1.29 is 9.53 Å². The third-order valence-electron chi connectivity index (χ3n) is 2.28. The van der Waals surface area contributed by atoms with E-state index in [1.807, 2.05) is 19.1 Å². The zero-order valence-corrected chi connectivity index (χ0v) is 10.5. The SMILES string of the molecule is COC(=O)c1c(C)ccc2n[nH]c(I)c12. The monoisotopic (exact) mass is 316 g/mol. The Bertz CT molecular complexity index is 533. The van der Waals surface area contributed by atoms with Crippen molar-refractivity contribution in [2.75, 3.05) is 7.11 Å². The van der Waals surface area contributed by atoms with Crippen LogP contribution >= 0.6 is 22.6 Å². The summed E-state index contributed by atoms with van der Waals surface area (Å²) in [4.78, 5) is 11.6. The van der Waals surface area contributed by atoms with Crippen LogP contribution in [-0.4, -0.2) is 23.3 Å². The highest BCUT2D eigenvalue weighted by Gasteiger charge is 2.17. The zero-order chi connectivity index (χ0) is 11.0. The Labute approximate surface area is 100 Å². The topological polar surface area (TPSA) is 55.0 Å². The Balaban J connectivity index is 2.84. The Hall–Kier alpha value is -1.11. The van der Waals surface area contributed by atoms with Crippen molar-refractivity contribution in [3.63, 3.8) is 0 Å². The number of H-pyrrole nitrogens is 1. The quantitative estimate of drug-likeness (QED) is 0.648. The normalized spacial score (nSPS) is 10.6. The summed E-state index contributed by atoms with van der Waals surface area (Å²) < 4.78 is 5.62. The number of nitrogens with zero attached hydrogens (tertiary/aromatic N) is 1. The minimum atomic E-state index is -0.322. The van der Waals surface area contributed by atoms with Crippen LogP contribution in [-0.2, 0) is 4.74 Å². The fraction of sp³-hybridized carbons (Fsp3) is 0.200. The molecule has 5 heteroatoms. The largest absolute Gasteiger partial charge is 0.465 e. The van der Waals surface area contributed by atoms with Gasteiger partial charge in [-0.2, -0.15) is 5.10 Å². The van der Waals surface area contributed by atoms with Crippen LogP contribution in [0.2, 0.25) is 0 Å². The van der Waals surface area contributed by atoms with Gasteiger partial charge in [0.05, 0.1) is 18.2 Å². The van der Waals surface area contributed by atoms with Gasteiger partial charge in [-0.25, -0.2) is 4.79 Å². The Kier molecular flexibility index (Phi) is 2.64. The molecular weight excluding hydrogens is 307 g/mol. The third-order valence-corrected chi connectivity index (χ3v) is 3.06.